The normalized spacial score (nSPS) is 14.7. The van der Waals surface area contributed by atoms with E-state index in [0.717, 1.165) is 28.5 Å². The van der Waals surface area contributed by atoms with Crippen LogP contribution in [0.2, 0.25) is 0 Å². The number of fused-ring (bicyclic) bond motifs is 2. The fourth-order valence-electron chi connectivity index (χ4n) is 13.9. The number of nitrogens with zero attached hydrogens (tertiary/aromatic N) is 6. The van der Waals surface area contributed by atoms with E-state index in [0.29, 0.717) is 102 Å². The number of anilines is 7. The number of rotatable bonds is 17. The van der Waals surface area contributed by atoms with Crippen molar-refractivity contribution in [1.82, 2.24) is 9.97 Å². The fraction of sp³-hybridized carbons (Fsp3) is 0.291. The van der Waals surface area contributed by atoms with Gasteiger partial charge in [-0.05, 0) is 178 Å². The zero-order chi connectivity index (χ0) is 96.4. The van der Waals surface area contributed by atoms with Gasteiger partial charge in [0.15, 0.2) is 29.2 Å². The average molecular weight is 1860 g/mol. The molecule has 0 bridgehead atoms. The fourth-order valence-corrected chi connectivity index (χ4v) is 13.9. The number of morpholine rings is 4. The van der Waals surface area contributed by atoms with E-state index >= 15 is 0 Å². The van der Waals surface area contributed by atoms with Crippen molar-refractivity contribution in [2.45, 2.75) is 97.7 Å². The van der Waals surface area contributed by atoms with Gasteiger partial charge in [0.2, 0.25) is 11.3 Å². The van der Waals surface area contributed by atoms with Gasteiger partial charge in [-0.15, -0.1) is 11.6 Å². The van der Waals surface area contributed by atoms with Crippen molar-refractivity contribution in [1.29, 1.82) is 0 Å². The Morgan fingerprint density at radius 2 is 0.888 bits per heavy atom. The number of nitrogen functional groups attached to an aromatic ring is 1. The Morgan fingerprint density at radius 3 is 1.26 bits per heavy atom. The summed E-state index contributed by atoms with van der Waals surface area (Å²) in [5.74, 6) is -2.08. The van der Waals surface area contributed by atoms with Crippen molar-refractivity contribution >= 4 is 126 Å². The van der Waals surface area contributed by atoms with Crippen molar-refractivity contribution in [2.75, 3.05) is 135 Å². The van der Waals surface area contributed by atoms with Crippen molar-refractivity contribution in [3.05, 3.63) is 295 Å². The van der Waals surface area contributed by atoms with E-state index < -0.39 is 52.8 Å². The molecule has 4 fully saturated rings. The Balaban J connectivity index is 0.000000198. The molecule has 10 aromatic carbocycles. The zero-order valence-electron chi connectivity index (χ0n) is 77.4. The standard InChI is InChI=1S/C27H22FN3O5.C19H32.C16H13FN2O2.C11H11NO4.2C10H11NO2.C8H11NO.C2H2Cl2O.Li/c1-34-19-8-9-20-22(16-19)29-12-11-23(20)36-24-10-7-17(15-21(24)28)30-26(32)25-27(33)31(13-14-35-25)18-5-3-2-4-6-18;1-13-15(18(5,6)7)11-14(17(2,3)4)12-16(13)19(8,9)10;1-20-11-3-4-12-14(9-11)19-7-6-15(12)21-16-5-2-10(18)8-13(16)17;13-10-9(11(14)15)16-7-6-12(10)8-4-2-1-3-5-8;2*12-10-8-13-7-6-11(10)9-4-2-1-3-5-9;10-7-6-9-8-4-2-1-3-5-8;3-1-2(4)5;/h2-12,15-16,25H,13-14H2,1H3,(H,30,32);11-12H,1-10H3;2-9H,18H2,1H3;1-5,9H,6-7H2,(H,14,15);2*1-5H,6-8H2;1-5,9-10H,6-7H2;1H2;/q;;;;;;;;+1/p-1. The first-order valence-electron chi connectivity index (χ1n) is 42.8. The number of carboxylic acids is 1. The van der Waals surface area contributed by atoms with Crippen molar-refractivity contribution < 1.29 is 109 Å². The average Bonchev–Trinajstić information content (AvgIpc) is 0.769. The summed E-state index contributed by atoms with van der Waals surface area (Å²) in [5.41, 5.74) is 18.2. The van der Waals surface area contributed by atoms with Crippen LogP contribution in [0.25, 0.3) is 21.8 Å². The number of benzene rings is 10. The Labute approximate surface area is 802 Å². The van der Waals surface area contributed by atoms with Gasteiger partial charge in [-0.1, -0.05) is 165 Å². The number of hydrogen-bond acceptors (Lipinski definition) is 21. The smallest absolute Gasteiger partial charge is 0.547 e. The maximum Gasteiger partial charge on any atom is 1.00 e. The van der Waals surface area contributed by atoms with Crippen LogP contribution in [0, 0.1) is 18.6 Å². The molecular weight excluding hydrogens is 1750 g/mol. The van der Waals surface area contributed by atoms with Gasteiger partial charge in [0.1, 0.15) is 36.2 Å². The summed E-state index contributed by atoms with van der Waals surface area (Å²) in [4.78, 5) is 95.2. The number of aliphatic hydroxyl groups excluding tert-OH is 1. The Morgan fingerprint density at radius 1 is 0.500 bits per heavy atom. The first-order chi connectivity index (χ1) is 63.6. The minimum absolute atomic E-state index is 0. The maximum absolute atomic E-state index is 14.9. The van der Waals surface area contributed by atoms with E-state index in [2.05, 4.69) is 102 Å². The van der Waals surface area contributed by atoms with Crippen LogP contribution in [0.15, 0.2) is 261 Å². The summed E-state index contributed by atoms with van der Waals surface area (Å²) in [6.07, 6.45) is 0.336. The van der Waals surface area contributed by atoms with E-state index in [1.54, 1.807) is 121 Å². The molecule has 0 aliphatic carbocycles. The van der Waals surface area contributed by atoms with Gasteiger partial charge >= 0.3 is 18.9 Å². The maximum atomic E-state index is 14.9. The predicted molar refractivity (Wildman–Crippen MR) is 515 cm³/mol. The number of pyridine rings is 2. The van der Waals surface area contributed by atoms with Gasteiger partial charge in [-0.3, -0.25) is 38.7 Å². The molecule has 700 valence electrons. The SMILES string of the molecule is COc1ccc2c(Oc3ccc(N)cc3F)ccnc2c1.COc1ccc2c(Oc3ccc(NC(=O)C4OCCN(c5ccccc5)C4=O)cc3F)ccnc2c1.Cc1c(C(C)(C)C)cc(C(C)(C)C)cc1C(C)(C)C.O=C(Cl)CCl.O=C([O-])C1OCCN(c2ccccc2)C1=O.O=C1COCCN1c1ccccc1.O=C1COCCN1c1ccccc1.OCCNc1ccccc1.[Li+]. The van der Waals surface area contributed by atoms with Crippen LogP contribution in [0.1, 0.15) is 84.6 Å². The number of carboxylic acid groups (broad SMARTS) is 1. The van der Waals surface area contributed by atoms with Crippen LogP contribution in [0.5, 0.6) is 34.5 Å². The predicted octanol–water partition coefficient (Wildman–Crippen LogP) is 14.5. The van der Waals surface area contributed by atoms with Crippen molar-refractivity contribution in [3.8, 4) is 34.5 Å². The molecule has 5 N–H and O–H groups in total. The number of para-hydroxylation sites is 5. The van der Waals surface area contributed by atoms with Crippen molar-refractivity contribution in [3.63, 3.8) is 0 Å². The summed E-state index contributed by atoms with van der Waals surface area (Å²) < 4.78 is 70.9. The second-order valence-corrected chi connectivity index (χ2v) is 33.9. The number of nitrogens with one attached hydrogen (secondary N) is 2. The number of nitrogens with two attached hydrogens (primary N) is 1. The first-order valence-corrected chi connectivity index (χ1v) is 43.7. The van der Waals surface area contributed by atoms with Gasteiger partial charge in [0, 0.05) is 120 Å². The number of aliphatic hydroxyl groups is 1. The minimum Gasteiger partial charge on any atom is -0.547 e. The zero-order valence-corrected chi connectivity index (χ0v) is 78.9. The van der Waals surface area contributed by atoms with Crippen LogP contribution in [0.4, 0.5) is 48.6 Å². The molecule has 2 aromatic heterocycles. The van der Waals surface area contributed by atoms with Gasteiger partial charge < -0.3 is 88.9 Å². The van der Waals surface area contributed by atoms with Gasteiger partial charge in [0.25, 0.3) is 29.5 Å². The number of carbonyl (C=O) groups excluding carboxylic acids is 7. The van der Waals surface area contributed by atoms with E-state index in [1.165, 1.54) is 56.3 Å². The molecule has 0 radical (unpaired) electrons. The molecule has 0 spiro atoms. The molecule has 16 rings (SSSR count). The number of aromatic nitrogens is 2. The topological polar surface area (TPSA) is 325 Å². The number of amides is 5. The van der Waals surface area contributed by atoms with E-state index in [1.807, 2.05) is 121 Å². The summed E-state index contributed by atoms with van der Waals surface area (Å²) in [7, 11) is 3.15. The van der Waals surface area contributed by atoms with E-state index in [9.17, 15) is 47.4 Å². The van der Waals surface area contributed by atoms with Crippen LogP contribution < -0.4 is 78.9 Å². The summed E-state index contributed by atoms with van der Waals surface area (Å²) in [5, 5.41) is 25.7. The summed E-state index contributed by atoms with van der Waals surface area (Å²) >= 11 is 9.55. The molecule has 134 heavy (non-hydrogen) atoms. The number of carbonyl (C=O) groups is 7. The third-order valence-electron chi connectivity index (χ3n) is 20.5. The number of aliphatic carboxylic acids is 1. The minimum atomic E-state index is -1.49. The molecule has 12 aromatic rings. The quantitative estimate of drug-likeness (QED) is 0.0216. The first kappa shape index (κ1) is 106. The molecule has 4 saturated heterocycles. The number of alkyl halides is 1. The molecule has 0 saturated carbocycles. The molecule has 2 atom stereocenters. The molecule has 26 nitrogen and oxygen atoms in total. The largest absolute Gasteiger partial charge is 1.00 e. The van der Waals surface area contributed by atoms with Crippen molar-refractivity contribution in [2.24, 2.45) is 0 Å². The number of halogens is 4. The van der Waals surface area contributed by atoms with Crippen LogP contribution >= 0.6 is 23.2 Å². The van der Waals surface area contributed by atoms with Crippen LogP contribution in [-0.4, -0.2) is 167 Å². The van der Waals surface area contributed by atoms with E-state index in [4.69, 9.17) is 71.9 Å². The molecule has 31 heteroatoms. The van der Waals surface area contributed by atoms with Gasteiger partial charge in [0.05, 0.1) is 70.1 Å². The number of ether oxygens (including phenoxy) is 8. The molecular formula is C103H112Cl2F2LiN9O17. The van der Waals surface area contributed by atoms with Crippen LogP contribution in [-0.2, 0) is 68.8 Å². The second-order valence-electron chi connectivity index (χ2n) is 33.2. The molecule has 2 unspecified atom stereocenters. The summed E-state index contributed by atoms with van der Waals surface area (Å²) in [6.45, 7) is 27.9. The number of hydrogen-bond donors (Lipinski definition) is 4. The second kappa shape index (κ2) is 52.0. The van der Waals surface area contributed by atoms with E-state index in [-0.39, 0.29) is 103 Å². The molecule has 5 amide bonds. The Bertz CT molecular complexity index is 5750. The summed E-state index contributed by atoms with van der Waals surface area (Å²) in [6, 6.07) is 74.3. The monoisotopic (exact) mass is 1860 g/mol. The Kier molecular flexibility index (Phi) is 41.3. The Hall–Kier alpha value is -12.9. The van der Waals surface area contributed by atoms with Crippen LogP contribution in [0.3, 0.4) is 0 Å². The number of methoxy groups -OCH3 is 2. The van der Waals surface area contributed by atoms with Gasteiger partial charge in [-0.25, -0.2) is 8.78 Å². The molecule has 4 aliphatic rings. The van der Waals surface area contributed by atoms with Gasteiger partial charge in [-0.2, -0.15) is 0 Å². The third-order valence-corrected chi connectivity index (χ3v) is 21.0. The molecule has 6 heterocycles. The third kappa shape index (κ3) is 31.7. The molecule has 4 aliphatic heterocycles.